The van der Waals surface area contributed by atoms with Gasteiger partial charge in [-0.3, -0.25) is 0 Å². The monoisotopic (exact) mass is 230 g/mol. The summed E-state index contributed by atoms with van der Waals surface area (Å²) in [7, 11) is 0. The molecule has 1 aromatic rings. The van der Waals surface area contributed by atoms with Crippen LogP contribution in [0.2, 0.25) is 0 Å². The summed E-state index contributed by atoms with van der Waals surface area (Å²) in [6.07, 6.45) is 4.08. The summed E-state index contributed by atoms with van der Waals surface area (Å²) < 4.78 is 0. The molecule has 1 aliphatic rings. The summed E-state index contributed by atoms with van der Waals surface area (Å²) in [6, 6.07) is 7.04. The number of hydrogen-bond donors (Lipinski definition) is 0. The molecule has 1 aromatic carbocycles. The van der Waals surface area contributed by atoms with Crippen molar-refractivity contribution in [3.05, 3.63) is 34.9 Å². The van der Waals surface area contributed by atoms with Crippen LogP contribution in [0.25, 0.3) is 0 Å². The quantitative estimate of drug-likeness (QED) is 0.619. The van der Waals surface area contributed by atoms with Gasteiger partial charge in [-0.1, -0.05) is 39.0 Å². The highest BCUT2D eigenvalue weighted by atomic mass is 14.4. The highest BCUT2D eigenvalue weighted by Crippen LogP contribution is 2.46. The smallest absolute Gasteiger partial charge is 0.0159 e. The molecular weight excluding hydrogens is 204 g/mol. The Balaban J connectivity index is 2.17. The average molecular weight is 230 g/mol. The largest absolute Gasteiger partial charge is 0.0620 e. The first-order chi connectivity index (χ1) is 7.90. The average Bonchev–Trinajstić information content (AvgIpc) is 2.26. The minimum Gasteiger partial charge on any atom is -0.0620 e. The van der Waals surface area contributed by atoms with Crippen LogP contribution in [0.1, 0.15) is 62.6 Å². The van der Waals surface area contributed by atoms with Crippen LogP contribution in [-0.2, 0) is 0 Å². The molecule has 2 unspecified atom stereocenters. The summed E-state index contributed by atoms with van der Waals surface area (Å²) >= 11 is 0. The van der Waals surface area contributed by atoms with E-state index in [-0.39, 0.29) is 0 Å². The Morgan fingerprint density at radius 1 is 1.12 bits per heavy atom. The van der Waals surface area contributed by atoms with Crippen LogP contribution in [0.15, 0.2) is 18.2 Å². The minimum absolute atomic E-state index is 0.538. The van der Waals surface area contributed by atoms with Crippen molar-refractivity contribution in [2.24, 2.45) is 11.3 Å². The molecule has 0 nitrogen and oxygen atoms in total. The lowest BCUT2D eigenvalue weighted by Crippen LogP contribution is -2.29. The molecular formula is C17H26. The van der Waals surface area contributed by atoms with E-state index in [1.807, 2.05) is 0 Å². The molecule has 0 aromatic heterocycles. The number of benzene rings is 1. The maximum absolute atomic E-state index is 2.42. The highest BCUT2D eigenvalue weighted by Gasteiger charge is 2.33. The summed E-state index contributed by atoms with van der Waals surface area (Å²) in [5.74, 6) is 1.63. The van der Waals surface area contributed by atoms with Gasteiger partial charge in [-0.05, 0) is 67.1 Å². The van der Waals surface area contributed by atoms with E-state index in [2.05, 4.69) is 52.8 Å². The van der Waals surface area contributed by atoms with Gasteiger partial charge in [0.2, 0.25) is 0 Å². The number of aryl methyl sites for hydroxylation is 2. The Kier molecular flexibility index (Phi) is 3.34. The molecule has 94 valence electrons. The van der Waals surface area contributed by atoms with Gasteiger partial charge in [-0.2, -0.15) is 0 Å². The van der Waals surface area contributed by atoms with Crippen molar-refractivity contribution in [2.75, 3.05) is 0 Å². The lowest BCUT2D eigenvalue weighted by molar-refractivity contribution is 0.138. The maximum atomic E-state index is 2.42. The van der Waals surface area contributed by atoms with Crippen LogP contribution in [0, 0.1) is 25.2 Å². The van der Waals surface area contributed by atoms with Crippen LogP contribution < -0.4 is 0 Å². The van der Waals surface area contributed by atoms with Crippen molar-refractivity contribution in [1.29, 1.82) is 0 Å². The van der Waals surface area contributed by atoms with Gasteiger partial charge in [0.15, 0.2) is 0 Å². The molecule has 2 rings (SSSR count). The van der Waals surface area contributed by atoms with Crippen molar-refractivity contribution < 1.29 is 0 Å². The van der Waals surface area contributed by atoms with Crippen molar-refractivity contribution in [1.82, 2.24) is 0 Å². The second kappa shape index (κ2) is 4.48. The van der Waals surface area contributed by atoms with Crippen LogP contribution in [0.4, 0.5) is 0 Å². The molecule has 0 N–H and O–H groups in total. The Morgan fingerprint density at radius 3 is 2.41 bits per heavy atom. The highest BCUT2D eigenvalue weighted by molar-refractivity contribution is 5.32. The molecule has 0 saturated heterocycles. The minimum atomic E-state index is 0.538. The molecule has 0 amide bonds. The fourth-order valence-corrected chi connectivity index (χ4v) is 2.98. The molecule has 0 radical (unpaired) electrons. The van der Waals surface area contributed by atoms with Gasteiger partial charge in [0, 0.05) is 0 Å². The standard InChI is InChI=1S/C17H26/c1-12-6-7-15(10-13(12)2)16-8-9-17(4,5)14(3)11-16/h6-7,10,14,16H,8-9,11H2,1-5H3. The van der Waals surface area contributed by atoms with Crippen molar-refractivity contribution in [2.45, 2.75) is 59.8 Å². The lowest BCUT2D eigenvalue weighted by Gasteiger charge is -2.40. The Labute approximate surface area is 106 Å². The second-order valence-electron chi connectivity index (χ2n) is 6.70. The predicted octanol–water partition coefficient (Wildman–Crippen LogP) is 5.23. The molecule has 2 atom stereocenters. The van der Waals surface area contributed by atoms with Crippen LogP contribution in [0.3, 0.4) is 0 Å². The molecule has 17 heavy (non-hydrogen) atoms. The summed E-state index contributed by atoms with van der Waals surface area (Å²) in [6.45, 7) is 11.7. The molecule has 0 spiro atoms. The zero-order valence-corrected chi connectivity index (χ0v) is 12.0. The van der Waals surface area contributed by atoms with E-state index in [1.165, 1.54) is 30.4 Å². The third-order valence-electron chi connectivity index (χ3n) is 5.11. The number of hydrogen-bond acceptors (Lipinski definition) is 0. The first-order valence-corrected chi connectivity index (χ1v) is 6.97. The Morgan fingerprint density at radius 2 is 1.82 bits per heavy atom. The fourth-order valence-electron chi connectivity index (χ4n) is 2.98. The normalized spacial score (nSPS) is 28.1. The van der Waals surface area contributed by atoms with E-state index in [4.69, 9.17) is 0 Å². The zero-order chi connectivity index (χ0) is 12.6. The molecule has 0 heteroatoms. The Bertz CT molecular complexity index is 400. The van der Waals surface area contributed by atoms with Gasteiger partial charge in [0.25, 0.3) is 0 Å². The van der Waals surface area contributed by atoms with Crippen molar-refractivity contribution in [3.8, 4) is 0 Å². The first-order valence-electron chi connectivity index (χ1n) is 6.97. The van der Waals surface area contributed by atoms with Gasteiger partial charge in [-0.15, -0.1) is 0 Å². The van der Waals surface area contributed by atoms with E-state index < -0.39 is 0 Å². The molecule has 1 aliphatic carbocycles. The molecule has 0 aliphatic heterocycles. The van der Waals surface area contributed by atoms with Crippen LogP contribution in [0.5, 0.6) is 0 Å². The van der Waals surface area contributed by atoms with Gasteiger partial charge in [0.1, 0.15) is 0 Å². The topological polar surface area (TPSA) is 0 Å². The molecule has 1 fully saturated rings. The van der Waals surface area contributed by atoms with E-state index in [9.17, 15) is 0 Å². The predicted molar refractivity (Wildman–Crippen MR) is 75.5 cm³/mol. The van der Waals surface area contributed by atoms with E-state index in [0.29, 0.717) is 5.41 Å². The van der Waals surface area contributed by atoms with Gasteiger partial charge >= 0.3 is 0 Å². The Hall–Kier alpha value is -0.780. The molecule has 1 saturated carbocycles. The summed E-state index contributed by atoms with van der Waals surface area (Å²) in [5.41, 5.74) is 4.96. The van der Waals surface area contributed by atoms with Crippen molar-refractivity contribution >= 4 is 0 Å². The van der Waals surface area contributed by atoms with Gasteiger partial charge in [0.05, 0.1) is 0 Å². The fraction of sp³-hybridized carbons (Fsp3) is 0.647. The van der Waals surface area contributed by atoms with Gasteiger partial charge in [-0.25, -0.2) is 0 Å². The zero-order valence-electron chi connectivity index (χ0n) is 12.0. The van der Waals surface area contributed by atoms with Crippen LogP contribution in [-0.4, -0.2) is 0 Å². The van der Waals surface area contributed by atoms with E-state index in [1.54, 1.807) is 5.56 Å². The third kappa shape index (κ3) is 2.56. The summed E-state index contributed by atoms with van der Waals surface area (Å²) in [5, 5.41) is 0. The second-order valence-corrected chi connectivity index (χ2v) is 6.70. The summed E-state index contributed by atoms with van der Waals surface area (Å²) in [4.78, 5) is 0. The van der Waals surface area contributed by atoms with Gasteiger partial charge < -0.3 is 0 Å². The molecule has 0 bridgehead atoms. The SMILES string of the molecule is Cc1ccc(C2CCC(C)(C)C(C)C2)cc1C. The van der Waals surface area contributed by atoms with E-state index >= 15 is 0 Å². The lowest BCUT2D eigenvalue weighted by atomic mass is 9.65. The first kappa shape index (κ1) is 12.7. The van der Waals surface area contributed by atoms with Crippen molar-refractivity contribution in [3.63, 3.8) is 0 Å². The van der Waals surface area contributed by atoms with Crippen LogP contribution >= 0.6 is 0 Å². The number of rotatable bonds is 1. The maximum Gasteiger partial charge on any atom is -0.0159 e. The van der Waals surface area contributed by atoms with E-state index in [0.717, 1.165) is 11.8 Å². The molecule has 0 heterocycles. The third-order valence-corrected chi connectivity index (χ3v) is 5.11.